The first-order valence-electron chi connectivity index (χ1n) is 31.5. The van der Waals surface area contributed by atoms with E-state index in [1.807, 2.05) is 0 Å². The molecule has 8 rings (SSSR count). The summed E-state index contributed by atoms with van der Waals surface area (Å²) < 4.78 is 22.8. The zero-order valence-electron chi connectivity index (χ0n) is 51.4. The first-order valence-corrected chi connectivity index (χ1v) is 32.5. The number of aliphatic hydroxyl groups excluding tert-OH is 6. The Morgan fingerprint density at radius 2 is 1.41 bits per heavy atom. The van der Waals surface area contributed by atoms with Crippen molar-refractivity contribution >= 4 is 58.1 Å². The van der Waals surface area contributed by atoms with Crippen LogP contribution in [0.5, 0.6) is 5.75 Å². The Balaban J connectivity index is 1.01. The van der Waals surface area contributed by atoms with Crippen molar-refractivity contribution in [1.82, 2.24) is 41.3 Å². The minimum absolute atomic E-state index is 0.000823. The molecule has 0 aromatic heterocycles. The summed E-state index contributed by atoms with van der Waals surface area (Å²) in [6, 6.07) is -0.928. The van der Waals surface area contributed by atoms with Crippen LogP contribution < -0.4 is 31.5 Å². The van der Waals surface area contributed by atoms with E-state index in [0.717, 1.165) is 98.4 Å². The van der Waals surface area contributed by atoms with Crippen molar-refractivity contribution in [3.05, 3.63) is 65.0 Å². The van der Waals surface area contributed by atoms with Crippen LogP contribution in [0.1, 0.15) is 107 Å². The maximum Gasteiger partial charge on any atom is 0.251 e. The Morgan fingerprint density at radius 1 is 0.769 bits per heavy atom. The summed E-state index contributed by atoms with van der Waals surface area (Å²) in [5.74, 6) is -7.85. The number of carbonyl (C=O) groups is 7. The van der Waals surface area contributed by atoms with E-state index in [0.29, 0.717) is 12.1 Å². The number of piperazine rings is 1. The number of benzene rings is 2. The number of phenols is 1. The fourth-order valence-corrected chi connectivity index (χ4v) is 14.3. The van der Waals surface area contributed by atoms with Gasteiger partial charge in [0.05, 0.1) is 36.6 Å². The molecule has 2 aromatic rings. The molecule has 2 saturated carbocycles. The van der Waals surface area contributed by atoms with Gasteiger partial charge < -0.3 is 86.6 Å². The number of carbonyl (C=O) groups excluding carboxylic acids is 7. The summed E-state index contributed by atoms with van der Waals surface area (Å²) in [5.41, 5.74) is 0.980. The first kappa shape index (κ1) is 70.4. The van der Waals surface area contributed by atoms with Crippen molar-refractivity contribution in [2.24, 2.45) is 17.8 Å². The van der Waals surface area contributed by atoms with Crippen molar-refractivity contribution in [3.8, 4) is 5.75 Å². The summed E-state index contributed by atoms with van der Waals surface area (Å²) in [6.07, 6.45) is -1.23. The summed E-state index contributed by atoms with van der Waals surface area (Å²) in [5, 5.41) is 103. The highest BCUT2D eigenvalue weighted by atomic mass is 32.2. The van der Waals surface area contributed by atoms with Crippen LogP contribution >= 0.6 is 0 Å². The molecule has 4 saturated heterocycles. The quantitative estimate of drug-likeness (QED) is 0.0480. The third-order valence-corrected chi connectivity index (χ3v) is 19.6. The van der Waals surface area contributed by atoms with E-state index in [-0.39, 0.29) is 17.7 Å². The van der Waals surface area contributed by atoms with E-state index in [1.54, 1.807) is 24.3 Å². The highest BCUT2D eigenvalue weighted by Crippen LogP contribution is 2.40. The van der Waals surface area contributed by atoms with Gasteiger partial charge in [-0.15, -0.1) is 0 Å². The lowest BCUT2D eigenvalue weighted by Gasteiger charge is -2.44. The molecule has 4 heterocycles. The number of aromatic hydroxyl groups is 1. The number of β-amino-alcohol motifs (C(OH)–C–C–N with tert-alkyl or cyclic N) is 1. The molecule has 6 aliphatic rings. The number of fused-ring (bicyclic) bond motifs is 2. The van der Waals surface area contributed by atoms with Gasteiger partial charge in [-0.2, -0.15) is 0 Å². The molecule has 6 fully saturated rings. The summed E-state index contributed by atoms with van der Waals surface area (Å²) in [7, 11) is 0. The predicted octanol–water partition coefficient (Wildman–Crippen LogP) is -1.63. The third kappa shape index (κ3) is 17.6. The second-order valence-corrected chi connectivity index (χ2v) is 26.1. The largest absolute Gasteiger partial charge is 0.507 e. The van der Waals surface area contributed by atoms with Gasteiger partial charge in [-0.1, -0.05) is 29.3 Å². The molecular weight excluding hydrogens is 1210 g/mol. The van der Waals surface area contributed by atoms with Gasteiger partial charge in [0, 0.05) is 94.9 Å². The Kier molecular flexibility index (Phi) is 25.1. The Hall–Kier alpha value is -6.47. The lowest BCUT2D eigenvalue weighted by Crippen LogP contribution is -2.64. The molecule has 13 N–H and O–H groups in total. The molecule has 2 aromatic carbocycles. The van der Waals surface area contributed by atoms with E-state index in [2.05, 4.69) is 57.5 Å². The topological polar surface area (TPSA) is 404 Å². The fourth-order valence-electron chi connectivity index (χ4n) is 13.7. The minimum Gasteiger partial charge on any atom is -0.507 e. The van der Waals surface area contributed by atoms with Gasteiger partial charge in [-0.25, -0.2) is 16.0 Å². The summed E-state index contributed by atoms with van der Waals surface area (Å²) >= 11 is -2.66. The lowest BCUT2D eigenvalue weighted by atomic mass is 9.71. The number of rotatable bonds is 17. The van der Waals surface area contributed by atoms with Gasteiger partial charge in [0.2, 0.25) is 53.1 Å². The smallest absolute Gasteiger partial charge is 0.251 e. The van der Waals surface area contributed by atoms with Crippen molar-refractivity contribution in [2.75, 3.05) is 63.9 Å². The van der Waals surface area contributed by atoms with Crippen LogP contribution in [-0.4, -0.2) is 245 Å². The fraction of sp³-hybridized carbons (Fsp3) is 0.672. The van der Waals surface area contributed by atoms with E-state index >= 15 is 0 Å². The summed E-state index contributed by atoms with van der Waals surface area (Å²) in [6.45, 7) is 13.9. The molecule has 8 unspecified atom stereocenters. The number of nitrogens with one attached hydrogen (secondary N) is 5. The molecule has 0 radical (unpaired) electrons. The van der Waals surface area contributed by atoms with Crippen LogP contribution in [-0.2, 0) is 60.4 Å². The standard InChI is InChI=1S/C61H88N10O19S/c1-5-24-88-43-17-11-37(12-18-43)36-7-13-39(14-8-36)68-20-22-69(23-21-68)40-15-9-38(10-16-40)55(79)64-44-27-41(73)29-63-59(83)53-54(78)33(2)31-71(53)61(85)52(48(77)30-62-4)67-58(82)51(47(76)25-35-6-19-46(75)49(26-35)91(87)90-89-86)66-57(81)45-28-42(74)32-70(45)60(84)50(34(3)72)65-56(44)80/h6,9-10,15-16,19,26,33-34,36-37,39,41-45,47-48,50-54,72-78,86H,5,7-8,11-14,17-18,20-25,27-32H2,1-3H3,(H,63,83)(H,64,79)(H,65,80)(H,66,81)(H,67,82)/t33?,34?,36?,37?,39?,41-,42?,43?,44-,45?,47+,48+,50?,51?,52-,53?,54-,91?/m0/s1. The number of hydrogen-bond acceptors (Lipinski definition) is 21. The van der Waals surface area contributed by atoms with Crippen molar-refractivity contribution in [3.63, 3.8) is 0 Å². The van der Waals surface area contributed by atoms with Crippen LogP contribution in [0, 0.1) is 24.3 Å². The molecule has 2 aliphatic carbocycles. The van der Waals surface area contributed by atoms with Crippen LogP contribution in [0.4, 0.5) is 5.69 Å². The van der Waals surface area contributed by atoms with E-state index < -0.39 is 181 Å². The second kappa shape index (κ2) is 32.4. The molecular formula is C61H88N10O19S. The molecule has 0 bridgehead atoms. The number of nitrogens with zero attached hydrogens (tertiary/aromatic N) is 5. The third-order valence-electron chi connectivity index (χ3n) is 18.8. The number of anilines is 1. The number of ether oxygens (including phenoxy) is 1. The first-order chi connectivity index (χ1) is 43.5. The van der Waals surface area contributed by atoms with E-state index in [4.69, 9.17) is 16.6 Å². The van der Waals surface area contributed by atoms with Crippen molar-refractivity contribution in [1.29, 1.82) is 0 Å². The monoisotopic (exact) mass is 1300 g/mol. The van der Waals surface area contributed by atoms with Crippen LogP contribution in [0.3, 0.4) is 0 Å². The maximum absolute atomic E-state index is 14.6. The Bertz CT molecular complexity index is 2920. The van der Waals surface area contributed by atoms with Gasteiger partial charge in [-0.05, 0) is 119 Å². The van der Waals surface area contributed by atoms with Gasteiger partial charge in [0.25, 0.3) is 5.91 Å². The zero-order valence-corrected chi connectivity index (χ0v) is 52.2. The van der Waals surface area contributed by atoms with Crippen LogP contribution in [0.25, 0.3) is 4.85 Å². The highest BCUT2D eigenvalue weighted by Gasteiger charge is 2.50. The van der Waals surface area contributed by atoms with Crippen LogP contribution in [0.2, 0.25) is 0 Å². The average Bonchev–Trinajstić information content (AvgIpc) is 1.82. The molecule has 30 heteroatoms. The minimum atomic E-state index is -2.66. The van der Waals surface area contributed by atoms with Gasteiger partial charge in [0.15, 0.2) is 6.10 Å². The molecule has 502 valence electrons. The highest BCUT2D eigenvalue weighted by molar-refractivity contribution is 7.80. The SMILES string of the molecule is [C-]#[N+]C[C@@H](O)[C@@H]1NC(=O)C([C@H](O)Cc2ccc(O)c(S(=O)OOO)c2)NC(=O)C2CC(O)CN2C(=O)C(C(C)O)NC(=O)[C@@H](NC(=O)c2ccc(N3CCN(C4CCC(C5CCC(OCCC)CC5)CC4)CC3)cc2)C[C@H](O)CNC(=O)C2[C@@H](O)C(C)CN2C1=O. The molecule has 4 aliphatic heterocycles. The van der Waals surface area contributed by atoms with Crippen molar-refractivity contribution < 1.29 is 92.9 Å². The predicted molar refractivity (Wildman–Crippen MR) is 324 cm³/mol. The van der Waals surface area contributed by atoms with Crippen molar-refractivity contribution in [2.45, 2.75) is 188 Å². The number of aliphatic hydroxyl groups is 6. The average molecular weight is 1300 g/mol. The molecule has 91 heavy (non-hydrogen) atoms. The molecule has 7 amide bonds. The molecule has 14 atom stereocenters. The summed E-state index contributed by atoms with van der Waals surface area (Å²) in [4.78, 5) is 110. The lowest BCUT2D eigenvalue weighted by molar-refractivity contribution is -0.435. The van der Waals surface area contributed by atoms with Crippen LogP contribution in [0.15, 0.2) is 47.4 Å². The zero-order chi connectivity index (χ0) is 65.8. The normalized spacial score (nSPS) is 31.7. The molecule has 29 nitrogen and oxygen atoms in total. The van der Waals surface area contributed by atoms with Gasteiger partial charge in [0.1, 0.15) is 46.9 Å². The van der Waals surface area contributed by atoms with Gasteiger partial charge in [-0.3, -0.25) is 38.5 Å². The number of amides is 7. The number of hydrogen-bond donors (Lipinski definition) is 13. The Labute approximate surface area is 530 Å². The van der Waals surface area contributed by atoms with E-state index in [9.17, 15) is 73.5 Å². The van der Waals surface area contributed by atoms with Gasteiger partial charge >= 0.3 is 0 Å². The van der Waals surface area contributed by atoms with E-state index in [1.165, 1.54) is 51.5 Å². The second-order valence-electron chi connectivity index (χ2n) is 25.1. The molecule has 0 spiro atoms. The Morgan fingerprint density at radius 3 is 2.04 bits per heavy atom. The number of phenolic OH excluding ortho intramolecular Hbond substituents is 1. The maximum atomic E-state index is 14.6.